The van der Waals surface area contributed by atoms with E-state index in [2.05, 4.69) is 26.2 Å². The van der Waals surface area contributed by atoms with Crippen molar-refractivity contribution in [3.63, 3.8) is 0 Å². The van der Waals surface area contributed by atoms with Gasteiger partial charge in [0.05, 0.1) is 15.8 Å². The van der Waals surface area contributed by atoms with E-state index in [4.69, 9.17) is 16.6 Å². The summed E-state index contributed by atoms with van der Waals surface area (Å²) >= 11 is 10.9. The first-order valence-electron chi connectivity index (χ1n) is 9.35. The lowest BCUT2D eigenvalue weighted by Crippen LogP contribution is -2.39. The zero-order valence-electron chi connectivity index (χ0n) is 15.6. The average Bonchev–Trinajstić information content (AvgIpc) is 3.19. The molecule has 1 aliphatic rings. The molecule has 1 aromatic heterocycles. The van der Waals surface area contributed by atoms with E-state index < -0.39 is 9.84 Å². The number of aromatic nitrogens is 1. The van der Waals surface area contributed by atoms with Gasteiger partial charge in [-0.05, 0) is 54.8 Å². The number of thiazole rings is 1. The predicted octanol–water partition coefficient (Wildman–Crippen LogP) is 5.59. The van der Waals surface area contributed by atoms with Gasteiger partial charge in [-0.2, -0.15) is 0 Å². The first-order valence-corrected chi connectivity index (χ1v) is 12.9. The standard InChI is InChI=1S/C21H20BrClN2O2S2/c22-16-3-7-19(8-4-16)29(26,27)20-9-11-25(12-10-20)21-24-18(14-28-21)13-15-1-5-17(23)6-2-15/h1-8,14,20H,9-13H2. The maximum absolute atomic E-state index is 12.9. The van der Waals surface area contributed by atoms with Crippen LogP contribution in [0.2, 0.25) is 5.02 Å². The summed E-state index contributed by atoms with van der Waals surface area (Å²) in [4.78, 5) is 7.36. The highest BCUT2D eigenvalue weighted by atomic mass is 79.9. The minimum Gasteiger partial charge on any atom is -0.348 e. The van der Waals surface area contributed by atoms with Gasteiger partial charge in [0.25, 0.3) is 0 Å². The molecule has 1 aliphatic heterocycles. The van der Waals surface area contributed by atoms with E-state index in [1.165, 1.54) is 5.56 Å². The molecule has 4 rings (SSSR count). The number of anilines is 1. The van der Waals surface area contributed by atoms with Gasteiger partial charge in [0.2, 0.25) is 0 Å². The molecule has 2 heterocycles. The van der Waals surface area contributed by atoms with Gasteiger partial charge < -0.3 is 4.90 Å². The number of benzene rings is 2. The van der Waals surface area contributed by atoms with Gasteiger partial charge in [-0.3, -0.25) is 0 Å². The molecule has 2 aromatic carbocycles. The van der Waals surface area contributed by atoms with Crippen LogP contribution in [0, 0.1) is 0 Å². The fourth-order valence-electron chi connectivity index (χ4n) is 3.51. The third-order valence-corrected chi connectivity index (χ3v) is 9.14. The fraction of sp³-hybridized carbons (Fsp3) is 0.286. The second kappa shape index (κ2) is 8.76. The summed E-state index contributed by atoms with van der Waals surface area (Å²) in [6.45, 7) is 1.41. The third-order valence-electron chi connectivity index (χ3n) is 5.13. The number of nitrogens with zero attached hydrogens (tertiary/aromatic N) is 2. The molecule has 1 fully saturated rings. The van der Waals surface area contributed by atoms with Gasteiger partial charge in [0.15, 0.2) is 15.0 Å². The van der Waals surface area contributed by atoms with E-state index in [9.17, 15) is 8.42 Å². The molecule has 0 atom stereocenters. The van der Waals surface area contributed by atoms with Gasteiger partial charge in [-0.15, -0.1) is 11.3 Å². The van der Waals surface area contributed by atoms with E-state index in [1.807, 2.05) is 24.3 Å². The lowest BCUT2D eigenvalue weighted by atomic mass is 10.1. The Morgan fingerprint density at radius 1 is 1.07 bits per heavy atom. The number of hydrogen-bond donors (Lipinski definition) is 0. The minimum absolute atomic E-state index is 0.339. The molecule has 0 amide bonds. The summed E-state index contributed by atoms with van der Waals surface area (Å²) in [7, 11) is -3.30. The van der Waals surface area contributed by atoms with Crippen molar-refractivity contribution in [3.05, 3.63) is 74.7 Å². The Morgan fingerprint density at radius 3 is 2.38 bits per heavy atom. The fourth-order valence-corrected chi connectivity index (χ4v) is 6.51. The smallest absolute Gasteiger partial charge is 0.185 e. The zero-order chi connectivity index (χ0) is 20.4. The Labute approximate surface area is 188 Å². The van der Waals surface area contributed by atoms with Crippen molar-refractivity contribution in [2.24, 2.45) is 0 Å². The summed E-state index contributed by atoms with van der Waals surface area (Å²) in [5.74, 6) is 0. The van der Waals surface area contributed by atoms with Crippen LogP contribution in [0.15, 0.2) is 63.3 Å². The van der Waals surface area contributed by atoms with Gasteiger partial charge in [0, 0.05) is 34.4 Å². The van der Waals surface area contributed by atoms with E-state index in [-0.39, 0.29) is 5.25 Å². The molecule has 152 valence electrons. The van der Waals surface area contributed by atoms with Gasteiger partial charge in [0.1, 0.15) is 0 Å². The van der Waals surface area contributed by atoms with Crippen LogP contribution in [0.1, 0.15) is 24.1 Å². The van der Waals surface area contributed by atoms with Crippen molar-refractivity contribution in [1.29, 1.82) is 0 Å². The van der Waals surface area contributed by atoms with Crippen molar-refractivity contribution in [1.82, 2.24) is 4.98 Å². The monoisotopic (exact) mass is 510 g/mol. The highest BCUT2D eigenvalue weighted by Gasteiger charge is 2.32. The summed E-state index contributed by atoms with van der Waals surface area (Å²) in [5, 5.41) is 3.43. The molecule has 8 heteroatoms. The zero-order valence-corrected chi connectivity index (χ0v) is 19.6. The largest absolute Gasteiger partial charge is 0.348 e. The van der Waals surface area contributed by atoms with Crippen LogP contribution in [-0.4, -0.2) is 31.7 Å². The van der Waals surface area contributed by atoms with Gasteiger partial charge in [-0.25, -0.2) is 13.4 Å². The summed E-state index contributed by atoms with van der Waals surface area (Å²) in [6.07, 6.45) is 2.00. The summed E-state index contributed by atoms with van der Waals surface area (Å²) < 4.78 is 26.7. The molecular formula is C21H20BrClN2O2S2. The third kappa shape index (κ3) is 4.85. The van der Waals surface area contributed by atoms with Crippen LogP contribution in [0.3, 0.4) is 0 Å². The van der Waals surface area contributed by atoms with Crippen LogP contribution in [0.5, 0.6) is 0 Å². The molecule has 1 saturated heterocycles. The molecule has 0 bridgehead atoms. The lowest BCUT2D eigenvalue weighted by Gasteiger charge is -2.31. The number of hydrogen-bond acceptors (Lipinski definition) is 5. The van der Waals surface area contributed by atoms with Crippen LogP contribution < -0.4 is 4.90 Å². The average molecular weight is 512 g/mol. The molecule has 4 nitrogen and oxygen atoms in total. The lowest BCUT2D eigenvalue weighted by molar-refractivity contribution is 0.529. The topological polar surface area (TPSA) is 50.3 Å². The van der Waals surface area contributed by atoms with Crippen molar-refractivity contribution in [2.45, 2.75) is 29.4 Å². The summed E-state index contributed by atoms with van der Waals surface area (Å²) in [5.41, 5.74) is 2.20. The predicted molar refractivity (Wildman–Crippen MR) is 123 cm³/mol. The minimum atomic E-state index is -3.30. The van der Waals surface area contributed by atoms with E-state index >= 15 is 0 Å². The van der Waals surface area contributed by atoms with Crippen LogP contribution in [0.25, 0.3) is 0 Å². The molecular weight excluding hydrogens is 492 g/mol. The maximum atomic E-state index is 12.9. The molecule has 0 spiro atoms. The molecule has 0 unspecified atom stereocenters. The maximum Gasteiger partial charge on any atom is 0.185 e. The van der Waals surface area contributed by atoms with Crippen molar-refractivity contribution in [3.8, 4) is 0 Å². The second-order valence-corrected chi connectivity index (χ2v) is 11.5. The van der Waals surface area contributed by atoms with Crippen molar-refractivity contribution < 1.29 is 8.42 Å². The number of sulfone groups is 1. The molecule has 3 aromatic rings. The van der Waals surface area contributed by atoms with E-state index in [0.29, 0.717) is 30.8 Å². The Bertz CT molecular complexity index is 1070. The normalized spacial score (nSPS) is 15.6. The number of piperidine rings is 1. The number of rotatable bonds is 5. The SMILES string of the molecule is O=S(=O)(c1ccc(Br)cc1)C1CCN(c2nc(Cc3ccc(Cl)cc3)cs2)CC1. The van der Waals surface area contributed by atoms with Crippen LogP contribution >= 0.6 is 38.9 Å². The molecule has 0 radical (unpaired) electrons. The molecule has 0 saturated carbocycles. The van der Waals surface area contributed by atoms with Gasteiger partial charge >= 0.3 is 0 Å². The Hall–Kier alpha value is -1.41. The van der Waals surface area contributed by atoms with Crippen LogP contribution in [-0.2, 0) is 16.3 Å². The first kappa shape index (κ1) is 20.8. The first-order chi connectivity index (χ1) is 13.9. The Kier molecular flexibility index (Phi) is 6.30. The quantitative estimate of drug-likeness (QED) is 0.448. The van der Waals surface area contributed by atoms with E-state index in [0.717, 1.165) is 26.7 Å². The van der Waals surface area contributed by atoms with Gasteiger partial charge in [-0.1, -0.05) is 39.7 Å². The molecule has 0 aliphatic carbocycles. The second-order valence-electron chi connectivity index (χ2n) is 7.11. The Morgan fingerprint density at radius 2 is 1.72 bits per heavy atom. The van der Waals surface area contributed by atoms with Crippen molar-refractivity contribution >= 4 is 53.8 Å². The van der Waals surface area contributed by atoms with Crippen LogP contribution in [0.4, 0.5) is 5.13 Å². The molecule has 0 N–H and O–H groups in total. The van der Waals surface area contributed by atoms with E-state index in [1.54, 1.807) is 35.6 Å². The highest BCUT2D eigenvalue weighted by Crippen LogP contribution is 2.30. The summed E-state index contributed by atoms with van der Waals surface area (Å²) in [6, 6.07) is 14.7. The number of halogens is 2. The Balaban J connectivity index is 1.39. The molecule has 29 heavy (non-hydrogen) atoms. The highest BCUT2D eigenvalue weighted by molar-refractivity contribution is 9.10. The van der Waals surface area contributed by atoms with Crippen molar-refractivity contribution in [2.75, 3.05) is 18.0 Å².